The van der Waals surface area contributed by atoms with Gasteiger partial charge in [-0.3, -0.25) is 9.59 Å². The molecule has 0 saturated carbocycles. The summed E-state index contributed by atoms with van der Waals surface area (Å²) in [5.41, 5.74) is 0.538. The summed E-state index contributed by atoms with van der Waals surface area (Å²) in [5, 5.41) is 14.3. The van der Waals surface area contributed by atoms with Gasteiger partial charge in [-0.2, -0.15) is 0 Å². The van der Waals surface area contributed by atoms with E-state index in [1.165, 1.54) is 0 Å². The van der Waals surface area contributed by atoms with Crippen molar-refractivity contribution in [1.29, 1.82) is 0 Å². The van der Waals surface area contributed by atoms with Crippen molar-refractivity contribution in [1.82, 2.24) is 5.32 Å². The SMILES string of the molecule is CCC(C)(C)NC(=O)c1ccc(NC(=O)c2cc(C(=O)O)co2)cc1. The molecule has 0 bridgehead atoms. The molecule has 2 rings (SSSR count). The number of anilines is 1. The zero-order valence-electron chi connectivity index (χ0n) is 14.3. The third kappa shape index (κ3) is 4.69. The topological polar surface area (TPSA) is 109 Å². The molecule has 0 saturated heterocycles. The minimum atomic E-state index is -1.17. The number of carboxylic acid groups (broad SMARTS) is 1. The van der Waals surface area contributed by atoms with Gasteiger partial charge in [-0.1, -0.05) is 6.92 Å². The zero-order chi connectivity index (χ0) is 18.6. The average Bonchev–Trinajstić information content (AvgIpc) is 3.05. The Morgan fingerprint density at radius 2 is 1.72 bits per heavy atom. The van der Waals surface area contributed by atoms with E-state index in [1.807, 2.05) is 20.8 Å². The van der Waals surface area contributed by atoms with E-state index in [-0.39, 0.29) is 22.8 Å². The van der Waals surface area contributed by atoms with Crippen LogP contribution in [0.25, 0.3) is 0 Å². The first-order valence-corrected chi connectivity index (χ1v) is 7.77. The summed E-state index contributed by atoms with van der Waals surface area (Å²) in [7, 11) is 0. The van der Waals surface area contributed by atoms with Crippen LogP contribution in [0.15, 0.2) is 41.0 Å². The molecule has 0 fully saturated rings. The lowest BCUT2D eigenvalue weighted by Gasteiger charge is -2.24. The normalized spacial score (nSPS) is 11.0. The standard InChI is InChI=1S/C18H20N2O5/c1-4-18(2,3)20-15(21)11-5-7-13(8-6-11)19-16(22)14-9-12(10-25-14)17(23)24/h5-10H,4H2,1-3H3,(H,19,22)(H,20,21)(H,23,24). The van der Waals surface area contributed by atoms with Gasteiger partial charge >= 0.3 is 5.97 Å². The predicted molar refractivity (Wildman–Crippen MR) is 91.9 cm³/mol. The summed E-state index contributed by atoms with van der Waals surface area (Å²) in [6.45, 7) is 5.87. The highest BCUT2D eigenvalue weighted by atomic mass is 16.4. The summed E-state index contributed by atoms with van der Waals surface area (Å²) in [4.78, 5) is 35.0. The molecule has 3 N–H and O–H groups in total. The number of rotatable bonds is 6. The molecular weight excluding hydrogens is 324 g/mol. The van der Waals surface area contributed by atoms with Crippen LogP contribution in [0, 0.1) is 0 Å². The van der Waals surface area contributed by atoms with Gasteiger partial charge in [0.1, 0.15) is 6.26 Å². The van der Waals surface area contributed by atoms with Crippen LogP contribution < -0.4 is 10.6 Å². The van der Waals surface area contributed by atoms with E-state index < -0.39 is 11.9 Å². The van der Waals surface area contributed by atoms with Crippen molar-refractivity contribution in [2.24, 2.45) is 0 Å². The molecule has 2 aromatic rings. The van der Waals surface area contributed by atoms with Gasteiger partial charge in [0.2, 0.25) is 0 Å². The second kappa shape index (κ2) is 7.21. The molecule has 132 valence electrons. The number of carbonyl (C=O) groups is 3. The molecule has 25 heavy (non-hydrogen) atoms. The monoisotopic (exact) mass is 344 g/mol. The fourth-order valence-corrected chi connectivity index (χ4v) is 1.93. The van der Waals surface area contributed by atoms with Crippen molar-refractivity contribution in [2.45, 2.75) is 32.7 Å². The molecule has 0 aliphatic carbocycles. The Hall–Kier alpha value is -3.09. The highest BCUT2D eigenvalue weighted by Gasteiger charge is 2.19. The van der Waals surface area contributed by atoms with Crippen molar-refractivity contribution >= 4 is 23.5 Å². The van der Waals surface area contributed by atoms with Crippen molar-refractivity contribution in [3.05, 3.63) is 53.5 Å². The van der Waals surface area contributed by atoms with E-state index in [4.69, 9.17) is 9.52 Å². The molecule has 0 atom stereocenters. The van der Waals surface area contributed by atoms with Crippen molar-refractivity contribution in [3.63, 3.8) is 0 Å². The van der Waals surface area contributed by atoms with Gasteiger partial charge in [0.25, 0.3) is 11.8 Å². The van der Waals surface area contributed by atoms with Crippen LogP contribution in [0.4, 0.5) is 5.69 Å². The lowest BCUT2D eigenvalue weighted by Crippen LogP contribution is -2.42. The zero-order valence-corrected chi connectivity index (χ0v) is 14.3. The van der Waals surface area contributed by atoms with Gasteiger partial charge in [0.15, 0.2) is 5.76 Å². The maximum Gasteiger partial charge on any atom is 0.338 e. The summed E-state index contributed by atoms with van der Waals surface area (Å²) in [5.74, 6) is -2.05. The molecule has 0 spiro atoms. The highest BCUT2D eigenvalue weighted by Crippen LogP contribution is 2.15. The van der Waals surface area contributed by atoms with E-state index in [9.17, 15) is 14.4 Å². The van der Waals surface area contributed by atoms with Gasteiger partial charge in [0, 0.05) is 22.9 Å². The largest absolute Gasteiger partial charge is 0.478 e. The Labute approximate surface area is 145 Å². The third-order valence-corrected chi connectivity index (χ3v) is 3.81. The first-order valence-electron chi connectivity index (χ1n) is 7.77. The maximum absolute atomic E-state index is 12.2. The summed E-state index contributed by atoms with van der Waals surface area (Å²) < 4.78 is 4.93. The Bertz CT molecular complexity index is 790. The lowest BCUT2D eigenvalue weighted by molar-refractivity contribution is 0.0695. The second-order valence-corrected chi connectivity index (χ2v) is 6.23. The van der Waals surface area contributed by atoms with Crippen LogP contribution >= 0.6 is 0 Å². The van der Waals surface area contributed by atoms with E-state index in [1.54, 1.807) is 24.3 Å². The van der Waals surface area contributed by atoms with Gasteiger partial charge in [-0.05, 0) is 44.5 Å². The molecule has 1 aromatic heterocycles. The van der Waals surface area contributed by atoms with E-state index in [0.717, 1.165) is 18.8 Å². The van der Waals surface area contributed by atoms with Crippen molar-refractivity contribution in [3.8, 4) is 0 Å². The highest BCUT2D eigenvalue weighted by molar-refractivity contribution is 6.04. The van der Waals surface area contributed by atoms with Gasteiger partial charge < -0.3 is 20.2 Å². The number of amides is 2. The number of hydrogen-bond acceptors (Lipinski definition) is 4. The Morgan fingerprint density at radius 3 is 2.24 bits per heavy atom. The van der Waals surface area contributed by atoms with Crippen LogP contribution in [0.3, 0.4) is 0 Å². The number of carbonyl (C=O) groups excluding carboxylic acids is 2. The van der Waals surface area contributed by atoms with E-state index >= 15 is 0 Å². The number of nitrogens with one attached hydrogen (secondary N) is 2. The quantitative estimate of drug-likeness (QED) is 0.746. The Kier molecular flexibility index (Phi) is 5.26. The van der Waals surface area contributed by atoms with Crippen molar-refractivity contribution in [2.75, 3.05) is 5.32 Å². The second-order valence-electron chi connectivity index (χ2n) is 6.23. The lowest BCUT2D eigenvalue weighted by atomic mass is 10.0. The average molecular weight is 344 g/mol. The molecule has 2 amide bonds. The van der Waals surface area contributed by atoms with Crippen LogP contribution in [-0.2, 0) is 0 Å². The number of carboxylic acids is 1. The number of benzene rings is 1. The van der Waals surface area contributed by atoms with Crippen LogP contribution in [0.2, 0.25) is 0 Å². The minimum absolute atomic E-state index is 0.101. The third-order valence-electron chi connectivity index (χ3n) is 3.81. The molecule has 1 heterocycles. The summed E-state index contributed by atoms with van der Waals surface area (Å²) in [6.07, 6.45) is 1.80. The molecular formula is C18H20N2O5. The smallest absolute Gasteiger partial charge is 0.338 e. The fourth-order valence-electron chi connectivity index (χ4n) is 1.93. The molecule has 7 nitrogen and oxygen atoms in total. The van der Waals surface area contributed by atoms with Gasteiger partial charge in [0.05, 0.1) is 5.56 Å². The summed E-state index contributed by atoms with van der Waals surface area (Å²) >= 11 is 0. The minimum Gasteiger partial charge on any atom is -0.478 e. The van der Waals surface area contributed by atoms with Crippen molar-refractivity contribution < 1.29 is 23.9 Å². The summed E-state index contributed by atoms with van der Waals surface area (Å²) in [6, 6.07) is 7.52. The van der Waals surface area contributed by atoms with Crippen LogP contribution in [-0.4, -0.2) is 28.4 Å². The number of hydrogen-bond donors (Lipinski definition) is 3. The predicted octanol–water partition coefficient (Wildman–Crippen LogP) is 3.15. The molecule has 0 radical (unpaired) electrons. The molecule has 0 aliphatic rings. The van der Waals surface area contributed by atoms with Crippen LogP contribution in [0.5, 0.6) is 0 Å². The van der Waals surface area contributed by atoms with Gasteiger partial charge in [-0.15, -0.1) is 0 Å². The maximum atomic E-state index is 12.2. The molecule has 0 aliphatic heterocycles. The van der Waals surface area contributed by atoms with Gasteiger partial charge in [-0.25, -0.2) is 4.79 Å². The van der Waals surface area contributed by atoms with Crippen LogP contribution in [0.1, 0.15) is 58.5 Å². The Balaban J connectivity index is 2.03. The molecule has 7 heteroatoms. The first-order chi connectivity index (χ1) is 11.7. The van der Waals surface area contributed by atoms with E-state index in [0.29, 0.717) is 11.3 Å². The Morgan fingerprint density at radius 1 is 1.08 bits per heavy atom. The van der Waals surface area contributed by atoms with E-state index in [2.05, 4.69) is 10.6 Å². The number of furan rings is 1. The number of aromatic carboxylic acids is 1. The fraction of sp³-hybridized carbons (Fsp3) is 0.278. The first kappa shape index (κ1) is 18.3. The molecule has 0 unspecified atom stereocenters. The molecule has 1 aromatic carbocycles.